The van der Waals surface area contributed by atoms with Crippen LogP contribution < -0.4 is 14.4 Å². The van der Waals surface area contributed by atoms with Gasteiger partial charge in [-0.1, -0.05) is 12.1 Å². The highest BCUT2D eigenvalue weighted by Crippen LogP contribution is 2.28. The first-order valence-corrected chi connectivity index (χ1v) is 15.5. The van der Waals surface area contributed by atoms with E-state index in [-0.39, 0.29) is 35.4 Å². The Morgan fingerprint density at radius 1 is 1.17 bits per heavy atom. The number of carbonyl (C=O) groups is 3. The van der Waals surface area contributed by atoms with Gasteiger partial charge in [-0.25, -0.2) is 18.2 Å². The maximum absolute atomic E-state index is 12.9. The van der Waals surface area contributed by atoms with E-state index in [4.69, 9.17) is 9.47 Å². The minimum Gasteiger partial charge on any atom is -0.497 e. The lowest BCUT2D eigenvalue weighted by molar-refractivity contribution is -0.128. The molecule has 2 aliphatic heterocycles. The van der Waals surface area contributed by atoms with E-state index in [9.17, 15) is 28.1 Å². The molecule has 0 radical (unpaired) electrons. The smallest absolute Gasteiger partial charge is 0.340 e. The monoisotopic (exact) mass is 597 g/mol. The fourth-order valence-electron chi connectivity index (χ4n) is 5.06. The van der Waals surface area contributed by atoms with Crippen LogP contribution in [-0.2, 0) is 36.6 Å². The van der Waals surface area contributed by atoms with Crippen molar-refractivity contribution >= 4 is 33.6 Å². The summed E-state index contributed by atoms with van der Waals surface area (Å²) in [6.07, 6.45) is 1.45. The number of carbonyl (C=O) groups excluding carboxylic acids is 3. The highest BCUT2D eigenvalue weighted by molar-refractivity contribution is 7.89. The number of esters is 1. The van der Waals surface area contributed by atoms with Gasteiger partial charge < -0.3 is 19.3 Å². The molecule has 0 atom stereocenters. The van der Waals surface area contributed by atoms with Gasteiger partial charge in [0.25, 0.3) is 0 Å². The largest absolute Gasteiger partial charge is 0.497 e. The van der Waals surface area contributed by atoms with E-state index in [2.05, 4.69) is 15.8 Å². The summed E-state index contributed by atoms with van der Waals surface area (Å²) in [6, 6.07) is 10.1. The number of rotatable bonds is 10. The quantitative estimate of drug-likeness (QED) is 0.403. The van der Waals surface area contributed by atoms with Gasteiger partial charge in [-0.15, -0.1) is 0 Å². The van der Waals surface area contributed by atoms with E-state index >= 15 is 0 Å². The van der Waals surface area contributed by atoms with Gasteiger partial charge >= 0.3 is 5.97 Å². The van der Waals surface area contributed by atoms with Gasteiger partial charge in [-0.3, -0.25) is 14.3 Å². The lowest BCUT2D eigenvalue weighted by Crippen LogP contribution is -2.43. The number of amides is 2. The van der Waals surface area contributed by atoms with Crippen LogP contribution in [0.4, 0.5) is 5.82 Å². The van der Waals surface area contributed by atoms with Crippen LogP contribution >= 0.6 is 0 Å². The number of ether oxygens (including phenoxy) is 2. The van der Waals surface area contributed by atoms with Crippen LogP contribution in [0.5, 0.6) is 5.75 Å². The number of aromatic nitrogens is 1. The Balaban J connectivity index is 1.46. The Bertz CT molecular complexity index is 1480. The number of pyridine rings is 1. The van der Waals surface area contributed by atoms with Crippen molar-refractivity contribution in [1.29, 1.82) is 5.26 Å². The van der Waals surface area contributed by atoms with Gasteiger partial charge in [0.2, 0.25) is 21.8 Å². The molecular formula is C29H35N5O7S. The van der Waals surface area contributed by atoms with E-state index in [1.165, 1.54) is 13.2 Å². The molecule has 3 heterocycles. The summed E-state index contributed by atoms with van der Waals surface area (Å²) < 4.78 is 38.0. The number of nitrogens with zero attached hydrogens (tertiary/aromatic N) is 4. The van der Waals surface area contributed by atoms with Crippen molar-refractivity contribution < 1.29 is 32.3 Å². The molecule has 1 aromatic heterocycles. The third-order valence-electron chi connectivity index (χ3n) is 7.21. The lowest BCUT2D eigenvalue weighted by atomic mass is 9.96. The third kappa shape index (κ3) is 7.55. The van der Waals surface area contributed by atoms with Gasteiger partial charge in [-0.05, 0) is 56.9 Å². The molecule has 1 aromatic carbocycles. The second kappa shape index (κ2) is 13.2. The first kappa shape index (κ1) is 30.8. The molecule has 1 N–H and O–H groups in total. The molecule has 4 rings (SSSR count). The summed E-state index contributed by atoms with van der Waals surface area (Å²) in [6.45, 7) is 4.80. The van der Waals surface area contributed by atoms with Gasteiger partial charge in [0.05, 0.1) is 42.3 Å². The van der Waals surface area contributed by atoms with Crippen LogP contribution in [0, 0.1) is 17.2 Å². The second-order valence-corrected chi connectivity index (χ2v) is 12.4. The topological polar surface area (TPSA) is 159 Å². The zero-order valence-corrected chi connectivity index (χ0v) is 24.8. The van der Waals surface area contributed by atoms with E-state index < -0.39 is 27.8 Å². The molecule has 0 aliphatic carbocycles. The average Bonchev–Trinajstić information content (AvgIpc) is 3.36. The highest BCUT2D eigenvalue weighted by atomic mass is 32.2. The fourth-order valence-corrected chi connectivity index (χ4v) is 6.23. The zero-order valence-electron chi connectivity index (χ0n) is 24.0. The second-order valence-electron chi connectivity index (χ2n) is 10.7. The molecule has 0 spiro atoms. The van der Waals surface area contributed by atoms with E-state index in [1.807, 2.05) is 4.90 Å². The summed E-state index contributed by atoms with van der Waals surface area (Å²) in [5.74, 6) is -1.15. The maximum Gasteiger partial charge on any atom is 0.340 e. The van der Waals surface area contributed by atoms with Crippen LogP contribution in [0.1, 0.15) is 66.7 Å². The van der Waals surface area contributed by atoms with Crippen molar-refractivity contribution in [3.05, 3.63) is 52.7 Å². The van der Waals surface area contributed by atoms with Crippen molar-refractivity contribution in [1.82, 2.24) is 14.6 Å². The van der Waals surface area contributed by atoms with Gasteiger partial charge in [0.15, 0.2) is 0 Å². The fraction of sp³-hybridized carbons (Fsp3) is 0.483. The van der Waals surface area contributed by atoms with Crippen molar-refractivity contribution in [3.63, 3.8) is 0 Å². The van der Waals surface area contributed by atoms with E-state index in [1.54, 1.807) is 43.0 Å². The molecule has 0 bridgehead atoms. The number of anilines is 1. The first-order valence-electron chi connectivity index (χ1n) is 13.8. The molecule has 2 fully saturated rings. The highest BCUT2D eigenvalue weighted by Gasteiger charge is 2.31. The molecule has 12 nitrogen and oxygen atoms in total. The molecule has 0 saturated carbocycles. The molecule has 2 saturated heterocycles. The summed E-state index contributed by atoms with van der Waals surface area (Å²) in [5, 5.41) is 9.90. The molecular weight excluding hydrogens is 562 g/mol. The van der Waals surface area contributed by atoms with Gasteiger partial charge in [-0.2, -0.15) is 5.26 Å². The van der Waals surface area contributed by atoms with Crippen LogP contribution in [0.15, 0.2) is 30.3 Å². The van der Waals surface area contributed by atoms with Crippen molar-refractivity contribution in [3.8, 4) is 11.8 Å². The molecule has 13 heteroatoms. The van der Waals surface area contributed by atoms with Crippen LogP contribution in [0.3, 0.4) is 0 Å². The van der Waals surface area contributed by atoms with Crippen LogP contribution in [0.2, 0.25) is 0 Å². The molecule has 2 aliphatic rings. The zero-order chi connectivity index (χ0) is 30.4. The number of piperidine rings is 1. The molecule has 42 heavy (non-hydrogen) atoms. The first-order chi connectivity index (χ1) is 20.0. The minimum absolute atomic E-state index is 0.0281. The third-order valence-corrected chi connectivity index (χ3v) is 8.44. The Kier molecular flexibility index (Phi) is 9.67. The lowest BCUT2D eigenvalue weighted by Gasteiger charge is -2.33. The predicted octanol–water partition coefficient (Wildman–Crippen LogP) is 2.51. The SMILES string of the molecule is COc1ccc(CS(=O)(=O)NC(=O)C2CCN(c3nc(CN4CCCC4=O)c(C(=O)OC(C)C)cc3C#N)CC2)cc1. The summed E-state index contributed by atoms with van der Waals surface area (Å²) in [4.78, 5) is 46.2. The van der Waals surface area contributed by atoms with Crippen molar-refractivity contribution in [2.75, 3.05) is 31.6 Å². The number of sulfonamides is 1. The Labute approximate surface area is 245 Å². The summed E-state index contributed by atoms with van der Waals surface area (Å²) >= 11 is 0. The molecule has 224 valence electrons. The van der Waals surface area contributed by atoms with Gasteiger partial charge in [0.1, 0.15) is 17.6 Å². The molecule has 0 unspecified atom stereocenters. The predicted molar refractivity (Wildman–Crippen MR) is 153 cm³/mol. The maximum atomic E-state index is 12.9. The normalized spacial score (nSPS) is 15.9. The molecule has 2 amide bonds. The summed E-state index contributed by atoms with van der Waals surface area (Å²) in [7, 11) is -2.39. The number of nitriles is 1. The summed E-state index contributed by atoms with van der Waals surface area (Å²) in [5.41, 5.74) is 1.18. The van der Waals surface area contributed by atoms with Crippen LogP contribution in [-0.4, -0.2) is 68.9 Å². The van der Waals surface area contributed by atoms with Crippen molar-refractivity contribution in [2.45, 2.75) is 57.9 Å². The average molecular weight is 598 g/mol. The minimum atomic E-state index is -3.91. The number of nitrogens with one attached hydrogen (secondary N) is 1. The number of hydrogen-bond acceptors (Lipinski definition) is 10. The number of hydrogen-bond donors (Lipinski definition) is 1. The van der Waals surface area contributed by atoms with Crippen LogP contribution in [0.25, 0.3) is 0 Å². The Morgan fingerprint density at radius 3 is 2.43 bits per heavy atom. The van der Waals surface area contributed by atoms with Crippen molar-refractivity contribution in [2.24, 2.45) is 5.92 Å². The molecule has 2 aromatic rings. The van der Waals surface area contributed by atoms with Gasteiger partial charge in [0, 0.05) is 32.0 Å². The van der Waals surface area contributed by atoms with E-state index in [0.717, 1.165) is 6.42 Å². The number of likely N-dealkylation sites (tertiary alicyclic amines) is 1. The number of methoxy groups -OCH3 is 1. The standard InChI is InChI=1S/C29H35N5O7S/c1-19(2)41-29(37)24-15-22(16-30)27(31-25(24)17-34-12-4-5-26(34)35)33-13-10-21(11-14-33)28(36)32-42(38,39)18-20-6-8-23(40-3)9-7-20/h6-9,15,19,21H,4-5,10-14,17-18H2,1-3H3,(H,32,36). The Morgan fingerprint density at radius 2 is 1.86 bits per heavy atom. The van der Waals surface area contributed by atoms with E-state index in [0.29, 0.717) is 61.7 Å². The Hall–Kier alpha value is -4.18. The number of benzene rings is 1.